The molecule has 3 aliphatic rings. The standard InChI is InChI=1S/C10H19NOS2/c1-13-9(14-2)10(12)7-11-5-3-8(10)4-6-11/h8-9,12H,3-7H2,1-2H3. The molecule has 3 saturated heterocycles. The van der Waals surface area contributed by atoms with Gasteiger partial charge in [0, 0.05) is 6.54 Å². The molecule has 0 saturated carbocycles. The first-order valence-corrected chi connectivity index (χ1v) is 7.78. The Bertz CT molecular complexity index is 198. The fourth-order valence-electron chi connectivity index (χ4n) is 2.85. The molecular weight excluding hydrogens is 214 g/mol. The zero-order valence-corrected chi connectivity index (χ0v) is 10.5. The highest BCUT2D eigenvalue weighted by Crippen LogP contribution is 2.44. The maximum Gasteiger partial charge on any atom is 0.101 e. The summed E-state index contributed by atoms with van der Waals surface area (Å²) >= 11 is 3.60. The fraction of sp³-hybridized carbons (Fsp3) is 1.00. The Hall–Kier alpha value is 0.620. The lowest BCUT2D eigenvalue weighted by atomic mass is 9.76. The van der Waals surface area contributed by atoms with Crippen LogP contribution < -0.4 is 0 Å². The van der Waals surface area contributed by atoms with Gasteiger partial charge in [-0.05, 0) is 44.4 Å². The van der Waals surface area contributed by atoms with Crippen molar-refractivity contribution in [2.75, 3.05) is 32.1 Å². The van der Waals surface area contributed by atoms with Crippen molar-refractivity contribution in [3.63, 3.8) is 0 Å². The van der Waals surface area contributed by atoms with E-state index in [4.69, 9.17) is 0 Å². The zero-order valence-electron chi connectivity index (χ0n) is 8.90. The third-order valence-corrected chi connectivity index (χ3v) is 6.44. The Morgan fingerprint density at radius 2 is 1.86 bits per heavy atom. The molecule has 3 heterocycles. The summed E-state index contributed by atoms with van der Waals surface area (Å²) in [6, 6.07) is 0. The fourth-order valence-corrected chi connectivity index (χ4v) is 4.97. The van der Waals surface area contributed by atoms with Crippen molar-refractivity contribution in [2.24, 2.45) is 5.92 Å². The molecule has 1 atom stereocenters. The molecule has 1 N–H and O–H groups in total. The number of aliphatic hydroxyl groups is 1. The van der Waals surface area contributed by atoms with E-state index in [0.29, 0.717) is 10.5 Å². The van der Waals surface area contributed by atoms with Gasteiger partial charge in [-0.2, -0.15) is 0 Å². The Kier molecular flexibility index (Phi) is 3.37. The number of thioether (sulfide) groups is 2. The molecule has 1 unspecified atom stereocenters. The van der Waals surface area contributed by atoms with Crippen LogP contribution in [0.15, 0.2) is 0 Å². The van der Waals surface area contributed by atoms with Crippen LogP contribution in [0.3, 0.4) is 0 Å². The van der Waals surface area contributed by atoms with Crippen LogP contribution in [0.25, 0.3) is 0 Å². The summed E-state index contributed by atoms with van der Waals surface area (Å²) in [5.74, 6) is 0.539. The maximum absolute atomic E-state index is 10.7. The number of rotatable bonds is 3. The second kappa shape index (κ2) is 4.24. The second-order valence-corrected chi connectivity index (χ2v) is 6.53. The lowest BCUT2D eigenvalue weighted by molar-refractivity contribution is -0.0998. The summed E-state index contributed by atoms with van der Waals surface area (Å²) in [6.45, 7) is 3.29. The number of fused-ring (bicyclic) bond motifs is 3. The van der Waals surface area contributed by atoms with Gasteiger partial charge in [-0.1, -0.05) is 0 Å². The quantitative estimate of drug-likeness (QED) is 0.746. The lowest BCUT2D eigenvalue weighted by Crippen LogP contribution is -2.62. The molecule has 3 fully saturated rings. The summed E-state index contributed by atoms with van der Waals surface area (Å²) < 4.78 is 0.343. The van der Waals surface area contributed by atoms with Crippen LogP contribution in [-0.4, -0.2) is 52.3 Å². The SMILES string of the molecule is CSC(SC)C1(O)CN2CCC1CC2. The Morgan fingerprint density at radius 3 is 2.21 bits per heavy atom. The van der Waals surface area contributed by atoms with E-state index >= 15 is 0 Å². The van der Waals surface area contributed by atoms with Gasteiger partial charge >= 0.3 is 0 Å². The first-order chi connectivity index (χ1) is 6.70. The van der Waals surface area contributed by atoms with Crippen molar-refractivity contribution in [2.45, 2.75) is 23.0 Å². The third kappa shape index (κ3) is 1.70. The maximum atomic E-state index is 10.7. The highest BCUT2D eigenvalue weighted by atomic mass is 32.2. The van der Waals surface area contributed by atoms with Crippen LogP contribution >= 0.6 is 23.5 Å². The van der Waals surface area contributed by atoms with E-state index in [-0.39, 0.29) is 0 Å². The van der Waals surface area contributed by atoms with Crippen molar-refractivity contribution in [3.8, 4) is 0 Å². The van der Waals surface area contributed by atoms with Gasteiger partial charge in [-0.15, -0.1) is 23.5 Å². The van der Waals surface area contributed by atoms with Gasteiger partial charge in [0.05, 0.1) is 4.58 Å². The minimum absolute atomic E-state index is 0.343. The number of piperidine rings is 3. The van der Waals surface area contributed by atoms with E-state index in [2.05, 4.69) is 17.4 Å². The van der Waals surface area contributed by atoms with Crippen molar-refractivity contribution in [3.05, 3.63) is 0 Å². The third-order valence-electron chi connectivity index (χ3n) is 3.61. The number of hydrogen-bond acceptors (Lipinski definition) is 4. The van der Waals surface area contributed by atoms with Gasteiger partial charge in [0.15, 0.2) is 0 Å². The van der Waals surface area contributed by atoms with Gasteiger partial charge in [-0.3, -0.25) is 0 Å². The molecule has 4 heteroatoms. The monoisotopic (exact) mass is 233 g/mol. The van der Waals surface area contributed by atoms with Crippen molar-refractivity contribution in [1.82, 2.24) is 4.90 Å². The van der Waals surface area contributed by atoms with Crippen molar-refractivity contribution in [1.29, 1.82) is 0 Å². The molecule has 0 aromatic carbocycles. The zero-order chi connectivity index (χ0) is 10.2. The number of hydrogen-bond donors (Lipinski definition) is 1. The Balaban J connectivity index is 2.14. The van der Waals surface area contributed by atoms with Gasteiger partial charge in [-0.25, -0.2) is 0 Å². The highest BCUT2D eigenvalue weighted by Gasteiger charge is 2.49. The van der Waals surface area contributed by atoms with Gasteiger partial charge < -0.3 is 10.0 Å². The lowest BCUT2D eigenvalue weighted by Gasteiger charge is -2.52. The Labute approximate surface area is 94.8 Å². The van der Waals surface area contributed by atoms with Crippen LogP contribution in [-0.2, 0) is 0 Å². The summed E-state index contributed by atoms with van der Waals surface area (Å²) in [5, 5.41) is 10.7. The predicted molar refractivity (Wildman–Crippen MR) is 64.9 cm³/mol. The largest absolute Gasteiger partial charge is 0.386 e. The highest BCUT2D eigenvalue weighted by molar-refractivity contribution is 8.16. The average Bonchev–Trinajstić information content (AvgIpc) is 2.20. The predicted octanol–water partition coefficient (Wildman–Crippen LogP) is 1.50. The minimum atomic E-state index is -0.435. The molecule has 0 radical (unpaired) electrons. The molecule has 0 amide bonds. The number of nitrogens with zero attached hydrogens (tertiary/aromatic N) is 1. The van der Waals surface area contributed by atoms with Crippen molar-refractivity contribution < 1.29 is 5.11 Å². The van der Waals surface area contributed by atoms with E-state index in [9.17, 15) is 5.11 Å². The molecule has 0 aliphatic carbocycles. The molecule has 3 aliphatic heterocycles. The van der Waals surface area contributed by atoms with E-state index in [0.717, 1.165) is 6.54 Å². The van der Waals surface area contributed by atoms with Gasteiger partial charge in [0.1, 0.15) is 5.60 Å². The van der Waals surface area contributed by atoms with Crippen molar-refractivity contribution >= 4 is 23.5 Å². The topological polar surface area (TPSA) is 23.5 Å². The van der Waals surface area contributed by atoms with E-state index in [1.54, 1.807) is 23.5 Å². The molecule has 0 spiro atoms. The first kappa shape index (κ1) is 11.1. The summed E-state index contributed by atoms with van der Waals surface area (Å²) in [6.07, 6.45) is 6.59. The van der Waals surface area contributed by atoms with Gasteiger partial charge in [0.2, 0.25) is 0 Å². The van der Waals surface area contributed by atoms with Crippen LogP contribution in [0.5, 0.6) is 0 Å². The molecule has 3 rings (SSSR count). The van der Waals surface area contributed by atoms with Crippen LogP contribution in [0.2, 0.25) is 0 Å². The molecular formula is C10H19NOS2. The molecule has 2 bridgehead atoms. The summed E-state index contributed by atoms with van der Waals surface area (Å²) in [7, 11) is 0. The van der Waals surface area contributed by atoms with Crippen LogP contribution in [0.1, 0.15) is 12.8 Å². The Morgan fingerprint density at radius 1 is 1.29 bits per heavy atom. The van der Waals surface area contributed by atoms with Gasteiger partial charge in [0.25, 0.3) is 0 Å². The first-order valence-electron chi connectivity index (χ1n) is 5.21. The van der Waals surface area contributed by atoms with E-state index in [1.807, 2.05) is 0 Å². The van der Waals surface area contributed by atoms with Crippen LogP contribution in [0.4, 0.5) is 0 Å². The molecule has 14 heavy (non-hydrogen) atoms. The summed E-state index contributed by atoms with van der Waals surface area (Å²) in [4.78, 5) is 2.42. The molecule has 82 valence electrons. The van der Waals surface area contributed by atoms with E-state index < -0.39 is 5.60 Å². The smallest absolute Gasteiger partial charge is 0.101 e. The average molecular weight is 233 g/mol. The normalized spacial score (nSPS) is 42.0. The van der Waals surface area contributed by atoms with Crippen LogP contribution in [0, 0.1) is 5.92 Å². The summed E-state index contributed by atoms with van der Waals surface area (Å²) in [5.41, 5.74) is -0.435. The second-order valence-electron chi connectivity index (χ2n) is 4.34. The molecule has 2 nitrogen and oxygen atoms in total. The van der Waals surface area contributed by atoms with E-state index in [1.165, 1.54) is 25.9 Å². The molecule has 0 aromatic rings. The minimum Gasteiger partial charge on any atom is -0.386 e. The molecule has 0 aromatic heterocycles.